The third kappa shape index (κ3) is 2.77. The molecule has 0 spiro atoms. The molecule has 0 heterocycles. The zero-order valence-corrected chi connectivity index (χ0v) is 12.2. The fourth-order valence-electron chi connectivity index (χ4n) is 1.60. The second-order valence-electron chi connectivity index (χ2n) is 3.67. The van der Waals surface area contributed by atoms with Gasteiger partial charge in [-0.3, -0.25) is 0 Å². The van der Waals surface area contributed by atoms with Crippen LogP contribution in [0.3, 0.4) is 0 Å². The van der Waals surface area contributed by atoms with Crippen molar-refractivity contribution in [2.45, 2.75) is 8.67 Å². The molecule has 0 saturated heterocycles. The van der Waals surface area contributed by atoms with Crippen LogP contribution in [0.5, 0.6) is 0 Å². The number of halogens is 5. The molecule has 0 aromatic heterocycles. The van der Waals surface area contributed by atoms with Crippen LogP contribution in [0.15, 0.2) is 47.5 Å². The smallest absolute Gasteiger partial charge is 0.0922 e. The molecule has 1 aromatic rings. The number of hydrogen-bond acceptors (Lipinski definition) is 0. The highest BCUT2D eigenvalue weighted by molar-refractivity contribution is 6.63. The third-order valence-electron chi connectivity index (χ3n) is 2.38. The molecule has 0 saturated carbocycles. The van der Waals surface area contributed by atoms with E-state index in [1.807, 2.05) is 30.3 Å². The van der Waals surface area contributed by atoms with Crippen LogP contribution in [0.4, 0.5) is 0 Å². The van der Waals surface area contributed by atoms with Crippen LogP contribution < -0.4 is 0 Å². The van der Waals surface area contributed by atoms with Gasteiger partial charge in [0.2, 0.25) is 0 Å². The summed E-state index contributed by atoms with van der Waals surface area (Å²) in [4.78, 5) is 0. The van der Waals surface area contributed by atoms with Crippen LogP contribution in [0.1, 0.15) is 5.56 Å². The maximum absolute atomic E-state index is 6.23. The van der Waals surface area contributed by atoms with Gasteiger partial charge in [-0.1, -0.05) is 88.3 Å². The summed E-state index contributed by atoms with van der Waals surface area (Å²) in [5, 5.41) is 0.201. The van der Waals surface area contributed by atoms with Gasteiger partial charge in [-0.2, -0.15) is 0 Å². The van der Waals surface area contributed by atoms with E-state index in [9.17, 15) is 0 Å². The van der Waals surface area contributed by atoms with Crippen molar-refractivity contribution in [2.24, 2.45) is 0 Å². The van der Waals surface area contributed by atoms with Gasteiger partial charge >= 0.3 is 0 Å². The average molecular weight is 328 g/mol. The second kappa shape index (κ2) is 4.68. The third-order valence-corrected chi connectivity index (χ3v) is 4.22. The van der Waals surface area contributed by atoms with Crippen LogP contribution >= 0.6 is 58.0 Å². The van der Waals surface area contributed by atoms with Crippen molar-refractivity contribution < 1.29 is 0 Å². The summed E-state index contributed by atoms with van der Waals surface area (Å²) >= 11 is 30.6. The summed E-state index contributed by atoms with van der Waals surface area (Å²) in [6, 6.07) is 9.37. The molecule has 1 aliphatic rings. The van der Waals surface area contributed by atoms with Crippen LogP contribution in [0.25, 0.3) is 5.57 Å². The zero-order chi connectivity index (χ0) is 12.7. The van der Waals surface area contributed by atoms with Gasteiger partial charge in [0, 0.05) is 0 Å². The van der Waals surface area contributed by atoms with Crippen molar-refractivity contribution in [1.82, 2.24) is 0 Å². The van der Waals surface area contributed by atoms with E-state index in [2.05, 4.69) is 0 Å². The predicted octanol–water partition coefficient (Wildman–Crippen LogP) is 5.55. The Bertz CT molecular complexity index is 485. The molecule has 17 heavy (non-hydrogen) atoms. The van der Waals surface area contributed by atoms with Crippen molar-refractivity contribution in [3.05, 3.63) is 53.1 Å². The lowest BCUT2D eigenvalue weighted by Gasteiger charge is -2.30. The Labute approximate surface area is 125 Å². The first-order valence-electron chi connectivity index (χ1n) is 4.76. The molecule has 1 aromatic carbocycles. The van der Waals surface area contributed by atoms with Crippen LogP contribution in [0.2, 0.25) is 0 Å². The average Bonchev–Trinajstić information content (AvgIpc) is 2.25. The van der Waals surface area contributed by atoms with E-state index in [0.29, 0.717) is 5.57 Å². The molecule has 90 valence electrons. The number of benzene rings is 1. The highest BCUT2D eigenvalue weighted by Crippen LogP contribution is 2.51. The highest BCUT2D eigenvalue weighted by Gasteiger charge is 2.41. The summed E-state index contributed by atoms with van der Waals surface area (Å²) in [7, 11) is 0. The first-order chi connectivity index (χ1) is 7.83. The first kappa shape index (κ1) is 13.6. The molecule has 0 radical (unpaired) electrons. The minimum Gasteiger partial charge on any atom is -0.0922 e. The van der Waals surface area contributed by atoms with Gasteiger partial charge in [0.1, 0.15) is 0 Å². The number of rotatable bonds is 1. The summed E-state index contributed by atoms with van der Waals surface area (Å²) in [6.45, 7) is 0. The van der Waals surface area contributed by atoms with E-state index in [0.717, 1.165) is 5.56 Å². The van der Waals surface area contributed by atoms with Gasteiger partial charge < -0.3 is 0 Å². The topological polar surface area (TPSA) is 0 Å². The lowest BCUT2D eigenvalue weighted by atomic mass is 9.96. The van der Waals surface area contributed by atoms with E-state index >= 15 is 0 Å². The number of alkyl halides is 4. The van der Waals surface area contributed by atoms with Crippen molar-refractivity contribution >= 4 is 63.6 Å². The Morgan fingerprint density at radius 2 is 1.41 bits per heavy atom. The molecule has 1 aliphatic carbocycles. The van der Waals surface area contributed by atoms with Gasteiger partial charge in [-0.25, -0.2) is 0 Å². The monoisotopic (exact) mass is 326 g/mol. The van der Waals surface area contributed by atoms with Crippen molar-refractivity contribution in [2.75, 3.05) is 0 Å². The summed E-state index contributed by atoms with van der Waals surface area (Å²) in [5.41, 5.74) is 1.41. The molecule has 5 heteroatoms. The molecular weight excluding hydrogens is 321 g/mol. The van der Waals surface area contributed by atoms with Crippen LogP contribution in [0, 0.1) is 0 Å². The Morgan fingerprint density at radius 1 is 0.824 bits per heavy atom. The lowest BCUT2D eigenvalue weighted by molar-refractivity contribution is 1.12. The van der Waals surface area contributed by atoms with Gasteiger partial charge in [0.15, 0.2) is 8.67 Å². The van der Waals surface area contributed by atoms with E-state index < -0.39 is 8.67 Å². The normalized spacial score (nSPS) is 21.7. The Kier molecular flexibility index (Phi) is 3.74. The summed E-state index contributed by atoms with van der Waals surface area (Å²) < 4.78 is -2.52. The molecule has 0 bridgehead atoms. The van der Waals surface area contributed by atoms with Gasteiger partial charge in [-0.15, -0.1) is 0 Å². The fourth-order valence-corrected chi connectivity index (χ4v) is 2.85. The molecule has 0 fully saturated rings. The minimum absolute atomic E-state index is 0.201. The van der Waals surface area contributed by atoms with Gasteiger partial charge in [0.25, 0.3) is 0 Å². The standard InChI is InChI=1S/C12H7Cl5/c13-10-7-11(14,15)6-9(12(10,16)17)8-4-2-1-3-5-8/h1-7H. The molecule has 0 aliphatic heterocycles. The maximum atomic E-state index is 6.23. The van der Waals surface area contributed by atoms with Crippen molar-refractivity contribution in [1.29, 1.82) is 0 Å². The van der Waals surface area contributed by atoms with Crippen LogP contribution in [-0.2, 0) is 0 Å². The Morgan fingerprint density at radius 3 is 2.00 bits per heavy atom. The molecule has 0 atom stereocenters. The molecule has 2 rings (SSSR count). The second-order valence-corrected chi connectivity index (χ2v) is 6.84. The largest absolute Gasteiger partial charge is 0.178 e. The Balaban J connectivity index is 2.56. The van der Waals surface area contributed by atoms with E-state index in [-0.39, 0.29) is 5.03 Å². The van der Waals surface area contributed by atoms with Crippen molar-refractivity contribution in [3.63, 3.8) is 0 Å². The van der Waals surface area contributed by atoms with Gasteiger partial charge in [-0.05, 0) is 23.3 Å². The zero-order valence-electron chi connectivity index (χ0n) is 8.43. The SMILES string of the molecule is ClC1=CC(Cl)(Cl)C=C(c2ccccc2)C1(Cl)Cl. The molecule has 0 nitrogen and oxygen atoms in total. The summed E-state index contributed by atoms with van der Waals surface area (Å²) in [6.07, 6.45) is 3.02. The molecule has 0 unspecified atom stereocenters. The van der Waals surface area contributed by atoms with E-state index in [1.165, 1.54) is 6.08 Å². The molecule has 0 N–H and O–H groups in total. The van der Waals surface area contributed by atoms with Crippen LogP contribution in [-0.4, -0.2) is 8.67 Å². The molecular formula is C12H7Cl5. The quantitative estimate of drug-likeness (QED) is 0.593. The predicted molar refractivity (Wildman–Crippen MR) is 77.2 cm³/mol. The highest BCUT2D eigenvalue weighted by atomic mass is 35.5. The number of hydrogen-bond donors (Lipinski definition) is 0. The van der Waals surface area contributed by atoms with E-state index in [1.54, 1.807) is 6.08 Å². The fraction of sp³-hybridized carbons (Fsp3) is 0.167. The maximum Gasteiger partial charge on any atom is 0.178 e. The van der Waals surface area contributed by atoms with E-state index in [4.69, 9.17) is 58.0 Å². The Hall–Kier alpha value is 0.150. The first-order valence-corrected chi connectivity index (χ1v) is 6.65. The summed E-state index contributed by atoms with van der Waals surface area (Å²) in [5.74, 6) is 0. The molecule has 0 amide bonds. The number of allylic oxidation sites excluding steroid dienone is 4. The minimum atomic E-state index is -1.32. The lowest BCUT2D eigenvalue weighted by Crippen LogP contribution is -2.25. The van der Waals surface area contributed by atoms with Gasteiger partial charge in [0.05, 0.1) is 5.03 Å². The van der Waals surface area contributed by atoms with Crippen molar-refractivity contribution in [3.8, 4) is 0 Å².